The zero-order chi connectivity index (χ0) is 10.8. The molecule has 0 bridgehead atoms. The first kappa shape index (κ1) is 10.2. The zero-order valence-corrected chi connectivity index (χ0v) is 9.71. The third-order valence-corrected chi connectivity index (χ3v) is 3.14. The fraction of sp³-hybridized carbons (Fsp3) is 0.400. The SMILES string of the molecule is CCc1cc(Cc2cnc(N)s2)n(C)n1. The van der Waals surface area contributed by atoms with Crippen molar-refractivity contribution < 1.29 is 0 Å². The van der Waals surface area contributed by atoms with E-state index in [2.05, 4.69) is 23.1 Å². The van der Waals surface area contributed by atoms with Gasteiger partial charge in [-0.2, -0.15) is 5.10 Å². The van der Waals surface area contributed by atoms with Crippen molar-refractivity contribution >= 4 is 16.5 Å². The van der Waals surface area contributed by atoms with Gasteiger partial charge in [0.2, 0.25) is 0 Å². The summed E-state index contributed by atoms with van der Waals surface area (Å²) in [6.07, 6.45) is 3.66. The van der Waals surface area contributed by atoms with E-state index >= 15 is 0 Å². The highest BCUT2D eigenvalue weighted by atomic mass is 32.1. The number of thiazole rings is 1. The lowest BCUT2D eigenvalue weighted by molar-refractivity contribution is 0.711. The summed E-state index contributed by atoms with van der Waals surface area (Å²) in [6.45, 7) is 2.11. The molecule has 2 aromatic rings. The number of hydrogen-bond acceptors (Lipinski definition) is 4. The minimum absolute atomic E-state index is 0.628. The Bertz CT molecular complexity index is 458. The van der Waals surface area contributed by atoms with Gasteiger partial charge < -0.3 is 5.73 Å². The number of nitrogens with zero attached hydrogens (tertiary/aromatic N) is 3. The van der Waals surface area contributed by atoms with E-state index in [1.165, 1.54) is 21.9 Å². The summed E-state index contributed by atoms with van der Waals surface area (Å²) in [6, 6.07) is 2.13. The van der Waals surface area contributed by atoms with Crippen LogP contribution in [0.3, 0.4) is 0 Å². The van der Waals surface area contributed by atoms with Crippen LogP contribution in [0.2, 0.25) is 0 Å². The number of nitrogens with two attached hydrogens (primary N) is 1. The van der Waals surface area contributed by atoms with Crippen LogP contribution in [0.1, 0.15) is 23.2 Å². The molecule has 15 heavy (non-hydrogen) atoms. The molecular weight excluding hydrogens is 208 g/mol. The lowest BCUT2D eigenvalue weighted by Gasteiger charge is -1.97. The third kappa shape index (κ3) is 2.18. The molecule has 0 aliphatic heterocycles. The average Bonchev–Trinajstić information content (AvgIpc) is 2.75. The van der Waals surface area contributed by atoms with E-state index in [9.17, 15) is 0 Å². The van der Waals surface area contributed by atoms with Crippen molar-refractivity contribution in [3.05, 3.63) is 28.5 Å². The standard InChI is InChI=1S/C10H14N4S/c1-3-7-4-8(14(2)13-7)5-9-6-12-10(11)15-9/h4,6H,3,5H2,1-2H3,(H2,11,12). The fourth-order valence-corrected chi connectivity index (χ4v) is 2.19. The molecule has 0 spiro atoms. The van der Waals surface area contributed by atoms with Crippen molar-refractivity contribution in [2.24, 2.45) is 7.05 Å². The van der Waals surface area contributed by atoms with Crippen molar-refractivity contribution in [2.75, 3.05) is 5.73 Å². The van der Waals surface area contributed by atoms with Gasteiger partial charge in [-0.1, -0.05) is 6.92 Å². The van der Waals surface area contributed by atoms with Gasteiger partial charge in [0, 0.05) is 30.2 Å². The summed E-state index contributed by atoms with van der Waals surface area (Å²) >= 11 is 1.53. The molecule has 0 amide bonds. The summed E-state index contributed by atoms with van der Waals surface area (Å²) in [7, 11) is 1.97. The number of aromatic nitrogens is 3. The molecule has 5 heteroatoms. The molecule has 0 fully saturated rings. The largest absolute Gasteiger partial charge is 0.375 e. The van der Waals surface area contributed by atoms with Crippen LogP contribution in [0.5, 0.6) is 0 Å². The van der Waals surface area contributed by atoms with Gasteiger partial charge in [0.05, 0.1) is 5.69 Å². The molecule has 2 heterocycles. The van der Waals surface area contributed by atoms with Crippen LogP contribution < -0.4 is 5.73 Å². The van der Waals surface area contributed by atoms with E-state index < -0.39 is 0 Å². The van der Waals surface area contributed by atoms with Crippen LogP contribution in [0, 0.1) is 0 Å². The molecule has 0 saturated carbocycles. The quantitative estimate of drug-likeness (QED) is 0.858. The highest BCUT2D eigenvalue weighted by Gasteiger charge is 2.06. The van der Waals surface area contributed by atoms with Crippen molar-refractivity contribution in [3.8, 4) is 0 Å². The summed E-state index contributed by atoms with van der Waals surface area (Å²) in [5.41, 5.74) is 7.92. The Kier molecular flexibility index (Phi) is 2.73. The van der Waals surface area contributed by atoms with Gasteiger partial charge in [-0.05, 0) is 12.5 Å². The molecular formula is C10H14N4S. The van der Waals surface area contributed by atoms with Crippen LogP contribution in [0.15, 0.2) is 12.3 Å². The van der Waals surface area contributed by atoms with Gasteiger partial charge in [0.1, 0.15) is 0 Å². The smallest absolute Gasteiger partial charge is 0.180 e. The molecule has 0 aromatic carbocycles. The Labute approximate surface area is 92.8 Å². The lowest BCUT2D eigenvalue weighted by Crippen LogP contribution is -1.98. The van der Waals surface area contributed by atoms with Crippen LogP contribution in [-0.4, -0.2) is 14.8 Å². The van der Waals surface area contributed by atoms with Gasteiger partial charge in [-0.15, -0.1) is 11.3 Å². The highest BCUT2D eigenvalue weighted by molar-refractivity contribution is 7.15. The van der Waals surface area contributed by atoms with Crippen molar-refractivity contribution in [3.63, 3.8) is 0 Å². The summed E-state index contributed by atoms with van der Waals surface area (Å²) < 4.78 is 1.93. The Morgan fingerprint density at radius 3 is 2.87 bits per heavy atom. The molecule has 2 aromatic heterocycles. The first-order valence-electron chi connectivity index (χ1n) is 4.91. The second-order valence-electron chi connectivity index (χ2n) is 3.45. The number of nitrogen functional groups attached to an aromatic ring is 1. The maximum atomic E-state index is 5.59. The van der Waals surface area contributed by atoms with Gasteiger partial charge in [0.15, 0.2) is 5.13 Å². The van der Waals surface area contributed by atoms with Gasteiger partial charge in [-0.25, -0.2) is 4.98 Å². The van der Waals surface area contributed by atoms with E-state index in [4.69, 9.17) is 5.73 Å². The van der Waals surface area contributed by atoms with E-state index in [0.29, 0.717) is 5.13 Å². The summed E-state index contributed by atoms with van der Waals surface area (Å²) in [5.74, 6) is 0. The van der Waals surface area contributed by atoms with E-state index in [-0.39, 0.29) is 0 Å². The highest BCUT2D eigenvalue weighted by Crippen LogP contribution is 2.18. The van der Waals surface area contributed by atoms with Crippen LogP contribution in [0.25, 0.3) is 0 Å². The van der Waals surface area contributed by atoms with Crippen molar-refractivity contribution in [2.45, 2.75) is 19.8 Å². The predicted octanol–water partition coefficient (Wildman–Crippen LogP) is 1.61. The Balaban J connectivity index is 2.20. The molecule has 0 radical (unpaired) electrons. The molecule has 4 nitrogen and oxygen atoms in total. The third-order valence-electron chi connectivity index (χ3n) is 2.32. The minimum Gasteiger partial charge on any atom is -0.375 e. The first-order chi connectivity index (χ1) is 7.19. The zero-order valence-electron chi connectivity index (χ0n) is 8.90. The van der Waals surface area contributed by atoms with E-state index in [1.807, 2.05) is 17.9 Å². The molecule has 0 aliphatic rings. The Morgan fingerprint density at radius 2 is 2.33 bits per heavy atom. The summed E-state index contributed by atoms with van der Waals surface area (Å²) in [4.78, 5) is 5.21. The molecule has 2 N–H and O–H groups in total. The topological polar surface area (TPSA) is 56.7 Å². The first-order valence-corrected chi connectivity index (χ1v) is 5.72. The van der Waals surface area contributed by atoms with Gasteiger partial charge >= 0.3 is 0 Å². The Hall–Kier alpha value is -1.36. The number of rotatable bonds is 3. The molecule has 0 aliphatic carbocycles. The number of hydrogen-bond donors (Lipinski definition) is 1. The molecule has 0 saturated heterocycles. The van der Waals surface area contributed by atoms with E-state index in [0.717, 1.165) is 18.5 Å². The minimum atomic E-state index is 0.628. The number of anilines is 1. The van der Waals surface area contributed by atoms with Crippen LogP contribution in [0.4, 0.5) is 5.13 Å². The Morgan fingerprint density at radius 1 is 1.53 bits per heavy atom. The second kappa shape index (κ2) is 4.02. The predicted molar refractivity (Wildman–Crippen MR) is 61.9 cm³/mol. The molecule has 0 atom stereocenters. The lowest BCUT2D eigenvalue weighted by atomic mass is 10.2. The maximum absolute atomic E-state index is 5.59. The van der Waals surface area contributed by atoms with Crippen LogP contribution in [-0.2, 0) is 19.9 Å². The monoisotopic (exact) mass is 222 g/mol. The maximum Gasteiger partial charge on any atom is 0.180 e. The summed E-state index contributed by atoms with van der Waals surface area (Å²) in [5, 5.41) is 5.03. The van der Waals surface area contributed by atoms with E-state index in [1.54, 1.807) is 0 Å². The van der Waals surface area contributed by atoms with Gasteiger partial charge in [0.25, 0.3) is 0 Å². The van der Waals surface area contributed by atoms with Crippen molar-refractivity contribution in [1.29, 1.82) is 0 Å². The van der Waals surface area contributed by atoms with Gasteiger partial charge in [-0.3, -0.25) is 4.68 Å². The number of aryl methyl sites for hydroxylation is 2. The molecule has 0 unspecified atom stereocenters. The second-order valence-corrected chi connectivity index (χ2v) is 4.59. The molecule has 2 rings (SSSR count). The molecule has 80 valence electrons. The van der Waals surface area contributed by atoms with Crippen molar-refractivity contribution in [1.82, 2.24) is 14.8 Å². The fourth-order valence-electron chi connectivity index (χ4n) is 1.49. The normalized spacial score (nSPS) is 10.8. The average molecular weight is 222 g/mol. The van der Waals surface area contributed by atoms with Crippen LogP contribution >= 0.6 is 11.3 Å².